The highest BCUT2D eigenvalue weighted by atomic mass is 35.5. The molecule has 0 amide bonds. The Bertz CT molecular complexity index is 951. The monoisotopic (exact) mass is 385 g/mol. The molecule has 3 aromatic rings. The largest absolute Gasteiger partial charge is 0.449 e. The second kappa shape index (κ2) is 9.04. The summed E-state index contributed by atoms with van der Waals surface area (Å²) in [6.07, 6.45) is 3.31. The number of halogens is 1. The quantitative estimate of drug-likeness (QED) is 0.376. The molecule has 6 nitrogen and oxygen atoms in total. The van der Waals surface area contributed by atoms with Gasteiger partial charge in [0, 0.05) is 18.0 Å². The maximum atomic E-state index is 11.8. The average Bonchev–Trinajstić information content (AvgIpc) is 3.14. The zero-order chi connectivity index (χ0) is 18.2. The van der Waals surface area contributed by atoms with Gasteiger partial charge in [0.15, 0.2) is 6.61 Å². The van der Waals surface area contributed by atoms with Gasteiger partial charge >= 0.3 is 5.97 Å². The molecule has 0 spiro atoms. The van der Waals surface area contributed by atoms with Crippen molar-refractivity contribution in [3.8, 4) is 23.3 Å². The molecule has 0 unspecified atom stereocenters. The Balaban J connectivity index is 1.44. The maximum absolute atomic E-state index is 11.8. The molecule has 0 atom stereocenters. The van der Waals surface area contributed by atoms with Crippen molar-refractivity contribution in [2.24, 2.45) is 0 Å². The first-order valence-corrected chi connectivity index (χ1v) is 8.84. The van der Waals surface area contributed by atoms with Gasteiger partial charge in [0.25, 0.3) is 5.22 Å². The molecule has 2 heterocycles. The fourth-order valence-electron chi connectivity index (χ4n) is 1.89. The standard InChI is InChI=1S/C18H12ClN3O3S/c19-15-6-2-1-5-14(15)17(23)24-11-3-4-12-26-18-22-21-16(25-18)13-7-9-20-10-8-13/h1-2,5-10H,11-12H2. The Morgan fingerprint density at radius 1 is 1.15 bits per heavy atom. The molecule has 0 aliphatic carbocycles. The summed E-state index contributed by atoms with van der Waals surface area (Å²) in [5.74, 6) is 5.98. The predicted octanol–water partition coefficient (Wildman–Crippen LogP) is 3.74. The van der Waals surface area contributed by atoms with Crippen LogP contribution in [0.2, 0.25) is 5.02 Å². The summed E-state index contributed by atoms with van der Waals surface area (Å²) in [6, 6.07) is 10.3. The number of pyridine rings is 1. The molecule has 0 N–H and O–H groups in total. The maximum Gasteiger partial charge on any atom is 0.340 e. The molecule has 0 radical (unpaired) electrons. The first kappa shape index (κ1) is 18.0. The topological polar surface area (TPSA) is 78.1 Å². The van der Waals surface area contributed by atoms with E-state index in [2.05, 4.69) is 27.0 Å². The third-order valence-corrected chi connectivity index (χ3v) is 4.13. The van der Waals surface area contributed by atoms with Crippen LogP contribution in [0.15, 0.2) is 58.4 Å². The Labute approximate surface area is 158 Å². The molecule has 130 valence electrons. The minimum absolute atomic E-state index is 0.0171. The molecule has 2 aromatic heterocycles. The van der Waals surface area contributed by atoms with Crippen LogP contribution in [0.3, 0.4) is 0 Å². The molecule has 0 aliphatic rings. The molecular weight excluding hydrogens is 374 g/mol. The number of nitrogens with zero attached hydrogens (tertiary/aromatic N) is 3. The number of hydrogen-bond acceptors (Lipinski definition) is 7. The number of ether oxygens (including phenoxy) is 1. The predicted molar refractivity (Wildman–Crippen MR) is 97.8 cm³/mol. The number of carbonyl (C=O) groups is 1. The van der Waals surface area contributed by atoms with Crippen molar-refractivity contribution in [3.05, 3.63) is 59.4 Å². The van der Waals surface area contributed by atoms with E-state index in [4.69, 9.17) is 20.8 Å². The van der Waals surface area contributed by atoms with Gasteiger partial charge in [-0.15, -0.1) is 10.2 Å². The van der Waals surface area contributed by atoms with Crippen molar-refractivity contribution in [2.45, 2.75) is 5.22 Å². The summed E-state index contributed by atoms with van der Waals surface area (Å²) < 4.78 is 10.6. The lowest BCUT2D eigenvalue weighted by Gasteiger charge is -2.02. The molecule has 0 saturated heterocycles. The number of aromatic nitrogens is 3. The van der Waals surface area contributed by atoms with Gasteiger partial charge in [-0.25, -0.2) is 4.79 Å². The summed E-state index contributed by atoms with van der Waals surface area (Å²) >= 11 is 7.23. The number of carbonyl (C=O) groups excluding carboxylic acids is 1. The van der Waals surface area contributed by atoms with Crippen molar-refractivity contribution >= 4 is 29.3 Å². The van der Waals surface area contributed by atoms with Crippen LogP contribution in [-0.2, 0) is 4.74 Å². The molecule has 0 aliphatic heterocycles. The first-order valence-electron chi connectivity index (χ1n) is 7.48. The molecule has 1 aromatic carbocycles. The van der Waals surface area contributed by atoms with Gasteiger partial charge in [-0.05, 0) is 24.3 Å². The minimum Gasteiger partial charge on any atom is -0.449 e. The Hall–Kier alpha value is -2.82. The lowest BCUT2D eigenvalue weighted by Crippen LogP contribution is -2.05. The molecule has 0 fully saturated rings. The van der Waals surface area contributed by atoms with Crippen LogP contribution in [-0.4, -0.2) is 33.5 Å². The van der Waals surface area contributed by atoms with Crippen LogP contribution in [0.25, 0.3) is 11.5 Å². The van der Waals surface area contributed by atoms with Gasteiger partial charge in [-0.3, -0.25) is 4.98 Å². The number of hydrogen-bond donors (Lipinski definition) is 0. The highest BCUT2D eigenvalue weighted by Crippen LogP contribution is 2.22. The third-order valence-electron chi connectivity index (χ3n) is 3.10. The molecule has 3 rings (SSSR count). The van der Waals surface area contributed by atoms with Gasteiger partial charge in [0.1, 0.15) is 0 Å². The summed E-state index contributed by atoms with van der Waals surface area (Å²) in [5.41, 5.74) is 1.12. The SMILES string of the molecule is O=C(OCC#CCSc1nnc(-c2ccncc2)o1)c1ccccc1Cl. The van der Waals surface area contributed by atoms with Crippen LogP contribution >= 0.6 is 23.4 Å². The van der Waals surface area contributed by atoms with Crippen molar-refractivity contribution in [3.63, 3.8) is 0 Å². The normalized spacial score (nSPS) is 10.0. The molecular formula is C18H12ClN3O3S. The summed E-state index contributed by atoms with van der Waals surface area (Å²) in [6.45, 7) is -0.0171. The summed E-state index contributed by atoms with van der Waals surface area (Å²) in [4.78, 5) is 15.8. The summed E-state index contributed by atoms with van der Waals surface area (Å²) in [7, 11) is 0. The van der Waals surface area contributed by atoms with E-state index in [1.807, 2.05) is 0 Å². The van der Waals surface area contributed by atoms with E-state index < -0.39 is 5.97 Å². The lowest BCUT2D eigenvalue weighted by molar-refractivity contribution is 0.0557. The van der Waals surface area contributed by atoms with Crippen LogP contribution in [0.4, 0.5) is 0 Å². The van der Waals surface area contributed by atoms with E-state index in [9.17, 15) is 4.79 Å². The van der Waals surface area contributed by atoms with Crippen molar-refractivity contribution in [1.82, 2.24) is 15.2 Å². The minimum atomic E-state index is -0.503. The zero-order valence-electron chi connectivity index (χ0n) is 13.4. The van der Waals surface area contributed by atoms with Crippen LogP contribution in [0, 0.1) is 11.8 Å². The highest BCUT2D eigenvalue weighted by Gasteiger charge is 2.10. The molecule has 8 heteroatoms. The van der Waals surface area contributed by atoms with Gasteiger partial charge in [-0.2, -0.15) is 0 Å². The second-order valence-corrected chi connectivity index (χ2v) is 6.14. The van der Waals surface area contributed by atoms with Gasteiger partial charge < -0.3 is 9.15 Å². The van der Waals surface area contributed by atoms with Gasteiger partial charge in [0.05, 0.1) is 16.3 Å². The highest BCUT2D eigenvalue weighted by molar-refractivity contribution is 7.99. The van der Waals surface area contributed by atoms with Crippen LogP contribution < -0.4 is 0 Å². The zero-order valence-corrected chi connectivity index (χ0v) is 15.0. The van der Waals surface area contributed by atoms with Crippen molar-refractivity contribution in [2.75, 3.05) is 12.4 Å². The molecule has 0 saturated carbocycles. The van der Waals surface area contributed by atoms with Crippen molar-refractivity contribution < 1.29 is 13.9 Å². The van der Waals surface area contributed by atoms with Crippen LogP contribution in [0.1, 0.15) is 10.4 Å². The number of rotatable bonds is 5. The Kier molecular flexibility index (Phi) is 6.25. The van der Waals surface area contributed by atoms with E-state index in [1.165, 1.54) is 11.8 Å². The van der Waals surface area contributed by atoms with Gasteiger partial charge in [0.2, 0.25) is 5.89 Å². The van der Waals surface area contributed by atoms with Crippen LogP contribution in [0.5, 0.6) is 0 Å². The fourth-order valence-corrected chi connectivity index (χ4v) is 2.63. The number of benzene rings is 1. The Morgan fingerprint density at radius 3 is 2.77 bits per heavy atom. The molecule has 0 bridgehead atoms. The lowest BCUT2D eigenvalue weighted by atomic mass is 10.2. The Morgan fingerprint density at radius 2 is 1.96 bits per heavy atom. The fraction of sp³-hybridized carbons (Fsp3) is 0.111. The van der Waals surface area contributed by atoms with E-state index in [-0.39, 0.29) is 6.61 Å². The summed E-state index contributed by atoms with van der Waals surface area (Å²) in [5, 5.41) is 8.68. The van der Waals surface area contributed by atoms with Gasteiger partial charge in [-0.1, -0.05) is 47.3 Å². The second-order valence-electron chi connectivity index (χ2n) is 4.81. The van der Waals surface area contributed by atoms with E-state index in [1.54, 1.807) is 48.8 Å². The van der Waals surface area contributed by atoms with E-state index in [0.717, 1.165) is 5.56 Å². The number of thioether (sulfide) groups is 1. The van der Waals surface area contributed by atoms with E-state index >= 15 is 0 Å². The molecule has 26 heavy (non-hydrogen) atoms. The first-order chi connectivity index (χ1) is 12.7. The smallest absolute Gasteiger partial charge is 0.340 e. The number of esters is 1. The van der Waals surface area contributed by atoms with E-state index in [0.29, 0.717) is 27.5 Å². The average molecular weight is 386 g/mol. The third kappa shape index (κ3) is 4.85. The van der Waals surface area contributed by atoms with Crippen molar-refractivity contribution in [1.29, 1.82) is 0 Å².